The second-order valence-electron chi connectivity index (χ2n) is 4.43. The zero-order valence-electron chi connectivity index (χ0n) is 11.6. The predicted octanol–water partition coefficient (Wildman–Crippen LogP) is 0.603. The van der Waals surface area contributed by atoms with Crippen LogP contribution >= 0.6 is 11.8 Å². The maximum atomic E-state index is 11.4. The highest BCUT2D eigenvalue weighted by atomic mass is 32.2. The molecule has 2 aliphatic rings. The van der Waals surface area contributed by atoms with Crippen LogP contribution in [0.1, 0.15) is 19.3 Å². The molecule has 0 aromatic carbocycles. The maximum absolute atomic E-state index is 11.4. The van der Waals surface area contributed by atoms with E-state index in [9.17, 15) is 24.0 Å². The third-order valence-corrected chi connectivity index (χ3v) is 3.89. The summed E-state index contributed by atoms with van der Waals surface area (Å²) in [7, 11) is 0. The molecule has 0 spiro atoms. The molecule has 0 aliphatic carbocycles. The molecule has 9 heteroatoms. The minimum absolute atomic E-state index is 0.234. The lowest BCUT2D eigenvalue weighted by molar-refractivity contribution is -0.129. The van der Waals surface area contributed by atoms with Gasteiger partial charge in [0.15, 0.2) is 0 Å². The summed E-state index contributed by atoms with van der Waals surface area (Å²) in [6.07, 6.45) is 4.01. The maximum Gasteiger partial charge on any atom is 0.328 e. The monoisotopic (exact) mass is 325 g/mol. The molecule has 2 fully saturated rings. The van der Waals surface area contributed by atoms with E-state index in [0.717, 1.165) is 11.8 Å². The van der Waals surface area contributed by atoms with Crippen molar-refractivity contribution in [1.82, 2.24) is 16.0 Å². The molecule has 0 aromatic heterocycles. The Labute approximate surface area is 130 Å². The molecular weight excluding hydrogens is 310 g/mol. The van der Waals surface area contributed by atoms with Crippen LogP contribution in [0.4, 0.5) is 9.59 Å². The van der Waals surface area contributed by atoms with Crippen molar-refractivity contribution < 1.29 is 24.0 Å². The quantitative estimate of drug-likeness (QED) is 0.514. The number of amides is 6. The number of barbiturate groups is 1. The first-order chi connectivity index (χ1) is 10.3. The van der Waals surface area contributed by atoms with Gasteiger partial charge in [0.1, 0.15) is 11.2 Å². The first kappa shape index (κ1) is 17.6. The summed E-state index contributed by atoms with van der Waals surface area (Å²) in [5, 5.41) is 5.78. The van der Waals surface area contributed by atoms with Gasteiger partial charge in [-0.2, -0.15) is 0 Å². The summed E-state index contributed by atoms with van der Waals surface area (Å²) in [6, 6.07) is -0.740. The number of imide groups is 3. The van der Waals surface area contributed by atoms with Crippen molar-refractivity contribution in [2.24, 2.45) is 0 Å². The van der Waals surface area contributed by atoms with Crippen molar-refractivity contribution in [3.05, 3.63) is 25.3 Å². The van der Waals surface area contributed by atoms with E-state index < -0.39 is 22.6 Å². The molecule has 0 atom stereocenters. The van der Waals surface area contributed by atoms with Crippen LogP contribution in [0.2, 0.25) is 0 Å². The summed E-state index contributed by atoms with van der Waals surface area (Å²) in [5.74, 6) is -1.34. The summed E-state index contributed by atoms with van der Waals surface area (Å²) < 4.78 is -0.694. The minimum Gasteiger partial charge on any atom is -0.286 e. The van der Waals surface area contributed by atoms with Crippen molar-refractivity contribution >= 4 is 40.8 Å². The van der Waals surface area contributed by atoms with Crippen LogP contribution in [0.5, 0.6) is 0 Å². The Balaban J connectivity index is 0.000000235. The van der Waals surface area contributed by atoms with E-state index in [1.807, 2.05) is 10.6 Å². The number of hydrogen-bond donors (Lipinski definition) is 3. The first-order valence-corrected chi connectivity index (χ1v) is 7.04. The average Bonchev–Trinajstić information content (AvgIpc) is 2.63. The van der Waals surface area contributed by atoms with E-state index in [-0.39, 0.29) is 17.6 Å². The van der Waals surface area contributed by atoms with Gasteiger partial charge in [0.2, 0.25) is 17.7 Å². The Morgan fingerprint density at radius 1 is 0.955 bits per heavy atom. The Morgan fingerprint density at radius 3 is 1.77 bits per heavy atom. The molecule has 3 N–H and O–H groups in total. The van der Waals surface area contributed by atoms with E-state index >= 15 is 0 Å². The van der Waals surface area contributed by atoms with Gasteiger partial charge in [0, 0.05) is 0 Å². The van der Waals surface area contributed by atoms with Crippen LogP contribution in [-0.2, 0) is 14.4 Å². The molecule has 2 aliphatic heterocycles. The van der Waals surface area contributed by atoms with Crippen LogP contribution in [0.3, 0.4) is 0 Å². The average molecular weight is 325 g/mol. The lowest BCUT2D eigenvalue weighted by Crippen LogP contribution is -2.49. The topological polar surface area (TPSA) is 121 Å². The van der Waals surface area contributed by atoms with Crippen molar-refractivity contribution in [3.63, 3.8) is 0 Å². The Morgan fingerprint density at radius 2 is 1.45 bits per heavy atom. The van der Waals surface area contributed by atoms with Gasteiger partial charge in [0.05, 0.1) is 0 Å². The normalized spacial score (nSPS) is 19.4. The standard InChI is InChI=1S/C9H11NO2S.C4H4N2O3/c1-3-5-9(6-4-2)7(11)10-8(12)13-9;7-2-1-3(8)6-4(9)5-2/h3-4H,1-2,5-6H2,(H,10,11,12);1H2,(H2,5,6,7,8,9). The van der Waals surface area contributed by atoms with E-state index in [1.165, 1.54) is 0 Å². The molecule has 2 saturated heterocycles. The number of allylic oxidation sites excluding steroid dienone is 2. The van der Waals surface area contributed by atoms with Crippen molar-refractivity contribution in [2.75, 3.05) is 0 Å². The molecule has 0 radical (unpaired) electrons. The number of rotatable bonds is 4. The first-order valence-electron chi connectivity index (χ1n) is 6.23. The number of thioether (sulfide) groups is 1. The zero-order valence-corrected chi connectivity index (χ0v) is 12.5. The molecule has 0 bridgehead atoms. The molecule has 6 amide bonds. The summed E-state index contributed by atoms with van der Waals surface area (Å²) in [4.78, 5) is 53.2. The van der Waals surface area contributed by atoms with Gasteiger partial charge in [-0.1, -0.05) is 12.2 Å². The molecule has 0 saturated carbocycles. The van der Waals surface area contributed by atoms with E-state index in [1.54, 1.807) is 12.2 Å². The highest BCUT2D eigenvalue weighted by Crippen LogP contribution is 2.38. The summed E-state index contributed by atoms with van der Waals surface area (Å²) in [5.41, 5.74) is 0. The van der Waals surface area contributed by atoms with Crippen molar-refractivity contribution in [3.8, 4) is 0 Å². The molecule has 22 heavy (non-hydrogen) atoms. The van der Waals surface area contributed by atoms with Crippen LogP contribution in [-0.4, -0.2) is 33.7 Å². The van der Waals surface area contributed by atoms with Crippen molar-refractivity contribution in [1.29, 1.82) is 0 Å². The Bertz CT molecular complexity index is 503. The number of nitrogens with one attached hydrogen (secondary N) is 3. The van der Waals surface area contributed by atoms with Crippen molar-refractivity contribution in [2.45, 2.75) is 24.0 Å². The third-order valence-electron chi connectivity index (χ3n) is 2.69. The number of hydrogen-bond acceptors (Lipinski definition) is 6. The van der Waals surface area contributed by atoms with Crippen LogP contribution in [0.25, 0.3) is 0 Å². The zero-order chi connectivity index (χ0) is 16.8. The van der Waals surface area contributed by atoms with Gasteiger partial charge < -0.3 is 0 Å². The molecule has 118 valence electrons. The van der Waals surface area contributed by atoms with E-state index in [2.05, 4.69) is 18.5 Å². The number of carbonyl (C=O) groups is 5. The largest absolute Gasteiger partial charge is 0.328 e. The highest BCUT2D eigenvalue weighted by molar-refractivity contribution is 8.16. The lowest BCUT2D eigenvalue weighted by Gasteiger charge is -2.19. The van der Waals surface area contributed by atoms with Crippen LogP contribution in [0.15, 0.2) is 25.3 Å². The van der Waals surface area contributed by atoms with Gasteiger partial charge in [-0.15, -0.1) is 13.2 Å². The summed E-state index contributed by atoms with van der Waals surface area (Å²) >= 11 is 1.03. The van der Waals surface area contributed by atoms with Crippen LogP contribution in [0, 0.1) is 0 Å². The van der Waals surface area contributed by atoms with Gasteiger partial charge in [-0.25, -0.2) is 4.79 Å². The molecule has 2 rings (SSSR count). The van der Waals surface area contributed by atoms with E-state index in [4.69, 9.17) is 0 Å². The molecular formula is C13H15N3O5S. The number of urea groups is 1. The fourth-order valence-electron chi connectivity index (χ4n) is 1.79. The fourth-order valence-corrected chi connectivity index (χ4v) is 2.84. The summed E-state index contributed by atoms with van der Waals surface area (Å²) in [6.45, 7) is 7.14. The smallest absolute Gasteiger partial charge is 0.286 e. The minimum atomic E-state index is -0.740. The Hall–Kier alpha value is -2.42. The van der Waals surface area contributed by atoms with Crippen LogP contribution < -0.4 is 16.0 Å². The predicted molar refractivity (Wildman–Crippen MR) is 79.8 cm³/mol. The molecule has 0 unspecified atom stereocenters. The van der Waals surface area contributed by atoms with Gasteiger partial charge in [-0.05, 0) is 24.6 Å². The fraction of sp³-hybridized carbons (Fsp3) is 0.308. The lowest BCUT2D eigenvalue weighted by atomic mass is 9.99. The van der Waals surface area contributed by atoms with E-state index in [0.29, 0.717) is 12.8 Å². The van der Waals surface area contributed by atoms with Gasteiger partial charge >= 0.3 is 6.03 Å². The second-order valence-corrected chi connectivity index (χ2v) is 5.78. The Kier molecular flexibility index (Phi) is 6.05. The number of carbonyl (C=O) groups excluding carboxylic acids is 5. The molecule has 2 heterocycles. The second kappa shape index (κ2) is 7.55. The molecule has 8 nitrogen and oxygen atoms in total. The van der Waals surface area contributed by atoms with Gasteiger partial charge in [-0.3, -0.25) is 35.1 Å². The highest BCUT2D eigenvalue weighted by Gasteiger charge is 2.45. The SMILES string of the molecule is C=CCC1(CC=C)SC(=O)NC1=O.O=C1CC(=O)NC(=O)N1. The third kappa shape index (κ3) is 4.55. The van der Waals surface area contributed by atoms with Gasteiger partial charge in [0.25, 0.3) is 5.24 Å². The molecule has 0 aromatic rings.